The zero-order valence-corrected chi connectivity index (χ0v) is 15.7. The van der Waals surface area contributed by atoms with Crippen LogP contribution in [0.15, 0.2) is 91.0 Å². The Morgan fingerprint density at radius 2 is 1.00 bits per heavy atom. The predicted octanol–water partition coefficient (Wildman–Crippen LogP) is 3.61. The first-order valence-corrected chi connectivity index (χ1v) is 10.3. The Morgan fingerprint density at radius 1 is 0.680 bits per heavy atom. The van der Waals surface area contributed by atoms with E-state index >= 15 is 0 Å². The molecule has 3 rings (SSSR count). The number of halogens is 1. The van der Waals surface area contributed by atoms with Gasteiger partial charge in [0, 0.05) is 0 Å². The molecule has 0 fully saturated rings. The van der Waals surface area contributed by atoms with Crippen LogP contribution >= 0.6 is 19.7 Å². The van der Waals surface area contributed by atoms with Gasteiger partial charge in [-0.2, -0.15) is 0 Å². The standard InChI is InChI=1S/C21H21O2P.ClH/c22-21(23)16-17-24(18-10-4-1-5-11-18,19-12-6-2-7-13-19)20-14-8-3-9-15-20;/h1-15,24H,16-17H2,(H,22,23);1H. The molecule has 25 heavy (non-hydrogen) atoms. The zero-order valence-electron chi connectivity index (χ0n) is 13.8. The molecule has 0 amide bonds. The van der Waals surface area contributed by atoms with Crippen molar-refractivity contribution in [2.24, 2.45) is 0 Å². The number of hydrogen-bond donors (Lipinski definition) is 1. The van der Waals surface area contributed by atoms with Crippen LogP contribution in [-0.4, -0.2) is 17.2 Å². The minimum atomic E-state index is -2.37. The van der Waals surface area contributed by atoms with Crippen LogP contribution in [0.2, 0.25) is 0 Å². The van der Waals surface area contributed by atoms with Crippen LogP contribution in [0.1, 0.15) is 6.42 Å². The number of hydrogen-bond acceptors (Lipinski definition) is 1. The van der Waals surface area contributed by atoms with Crippen molar-refractivity contribution in [3.05, 3.63) is 91.0 Å². The molecule has 0 saturated heterocycles. The van der Waals surface area contributed by atoms with Crippen molar-refractivity contribution in [1.82, 2.24) is 0 Å². The number of benzene rings is 3. The molecule has 0 aliphatic rings. The van der Waals surface area contributed by atoms with E-state index in [1.54, 1.807) is 0 Å². The van der Waals surface area contributed by atoms with Crippen molar-refractivity contribution >= 4 is 41.6 Å². The monoisotopic (exact) mass is 372 g/mol. The van der Waals surface area contributed by atoms with Gasteiger partial charge >= 0.3 is 143 Å². The van der Waals surface area contributed by atoms with Gasteiger partial charge in [0.25, 0.3) is 0 Å². The molecule has 0 radical (unpaired) electrons. The van der Waals surface area contributed by atoms with Crippen molar-refractivity contribution in [2.45, 2.75) is 6.42 Å². The minimum absolute atomic E-state index is 0. The molecule has 0 spiro atoms. The van der Waals surface area contributed by atoms with Gasteiger partial charge in [-0.1, -0.05) is 0 Å². The van der Waals surface area contributed by atoms with E-state index in [1.807, 2.05) is 54.6 Å². The van der Waals surface area contributed by atoms with Gasteiger partial charge in [-0.25, -0.2) is 0 Å². The van der Waals surface area contributed by atoms with E-state index in [0.717, 1.165) is 0 Å². The van der Waals surface area contributed by atoms with Crippen molar-refractivity contribution in [2.75, 3.05) is 6.16 Å². The normalized spacial score (nSPS) is 11.4. The number of carboxylic acid groups (broad SMARTS) is 1. The fourth-order valence-corrected chi connectivity index (χ4v) is 8.13. The van der Waals surface area contributed by atoms with Crippen molar-refractivity contribution < 1.29 is 9.90 Å². The summed E-state index contributed by atoms with van der Waals surface area (Å²) in [6, 6.07) is 31.2. The molecule has 0 atom stereocenters. The quantitative estimate of drug-likeness (QED) is 0.671. The molecule has 0 aromatic heterocycles. The Bertz CT molecular complexity index is 695. The SMILES string of the molecule is Cl.O=C(O)CC[PH](c1ccccc1)(c1ccccc1)c1ccccc1. The molecule has 0 aliphatic heterocycles. The van der Waals surface area contributed by atoms with Crippen molar-refractivity contribution in [3.8, 4) is 0 Å². The second kappa shape index (κ2) is 8.80. The molecule has 4 heteroatoms. The van der Waals surface area contributed by atoms with Crippen LogP contribution in [0.25, 0.3) is 0 Å². The molecule has 0 aliphatic carbocycles. The van der Waals surface area contributed by atoms with E-state index in [0.29, 0.717) is 6.16 Å². The van der Waals surface area contributed by atoms with E-state index in [1.165, 1.54) is 15.9 Å². The molecule has 1 N–H and O–H groups in total. The van der Waals surface area contributed by atoms with E-state index in [2.05, 4.69) is 36.4 Å². The van der Waals surface area contributed by atoms with Crippen LogP contribution in [0, 0.1) is 0 Å². The van der Waals surface area contributed by atoms with E-state index < -0.39 is 13.2 Å². The summed E-state index contributed by atoms with van der Waals surface area (Å²) >= 11 is 0. The fourth-order valence-electron chi connectivity index (χ4n) is 3.40. The summed E-state index contributed by atoms with van der Waals surface area (Å²) in [6.07, 6.45) is 0.825. The number of carbonyl (C=O) groups is 1. The molecule has 0 unspecified atom stereocenters. The van der Waals surface area contributed by atoms with Crippen LogP contribution in [-0.2, 0) is 4.79 Å². The molecule has 0 bridgehead atoms. The Labute approximate surface area is 155 Å². The average Bonchev–Trinajstić information content (AvgIpc) is 2.65. The Morgan fingerprint density at radius 3 is 1.28 bits per heavy atom. The van der Waals surface area contributed by atoms with E-state index in [4.69, 9.17) is 0 Å². The third kappa shape index (κ3) is 4.10. The van der Waals surface area contributed by atoms with Gasteiger partial charge in [0.2, 0.25) is 0 Å². The fraction of sp³-hybridized carbons (Fsp3) is 0.0952. The third-order valence-electron chi connectivity index (χ3n) is 4.51. The van der Waals surface area contributed by atoms with Crippen LogP contribution < -0.4 is 15.9 Å². The van der Waals surface area contributed by atoms with Crippen LogP contribution in [0.3, 0.4) is 0 Å². The Kier molecular flexibility index (Phi) is 6.75. The van der Waals surface area contributed by atoms with Gasteiger partial charge in [0.05, 0.1) is 0 Å². The number of carboxylic acids is 1. The van der Waals surface area contributed by atoms with Crippen molar-refractivity contribution in [1.29, 1.82) is 0 Å². The summed E-state index contributed by atoms with van der Waals surface area (Å²) in [6.45, 7) is 0. The summed E-state index contributed by atoms with van der Waals surface area (Å²) in [5.74, 6) is -0.741. The van der Waals surface area contributed by atoms with Gasteiger partial charge < -0.3 is 0 Å². The Hall–Kier alpha value is -2.15. The summed E-state index contributed by atoms with van der Waals surface area (Å²) < 4.78 is 0. The van der Waals surface area contributed by atoms with E-state index in [9.17, 15) is 9.90 Å². The molecule has 0 saturated carbocycles. The summed E-state index contributed by atoms with van der Waals surface area (Å²) in [5, 5.41) is 13.1. The van der Waals surface area contributed by atoms with Gasteiger partial charge in [-0.15, -0.1) is 12.4 Å². The molecule has 3 aromatic carbocycles. The number of rotatable bonds is 6. The summed E-state index contributed by atoms with van der Waals surface area (Å²) in [4.78, 5) is 11.4. The third-order valence-corrected chi connectivity index (χ3v) is 9.47. The first kappa shape index (κ1) is 19.2. The topological polar surface area (TPSA) is 37.3 Å². The predicted molar refractivity (Wildman–Crippen MR) is 111 cm³/mol. The van der Waals surface area contributed by atoms with Crippen LogP contribution in [0.5, 0.6) is 0 Å². The van der Waals surface area contributed by atoms with Gasteiger partial charge in [0.15, 0.2) is 0 Å². The van der Waals surface area contributed by atoms with Crippen LogP contribution in [0.4, 0.5) is 0 Å². The molecular formula is C21H22ClO2P. The maximum absolute atomic E-state index is 11.4. The van der Waals surface area contributed by atoms with Gasteiger partial charge in [-0.05, 0) is 0 Å². The molecule has 3 aromatic rings. The van der Waals surface area contributed by atoms with Gasteiger partial charge in [0.1, 0.15) is 0 Å². The van der Waals surface area contributed by atoms with E-state index in [-0.39, 0.29) is 18.8 Å². The second-order valence-electron chi connectivity index (χ2n) is 5.90. The van der Waals surface area contributed by atoms with Crippen molar-refractivity contribution in [3.63, 3.8) is 0 Å². The zero-order chi connectivity index (χ0) is 16.8. The molecule has 130 valence electrons. The first-order valence-electron chi connectivity index (χ1n) is 8.12. The summed E-state index contributed by atoms with van der Waals surface area (Å²) in [5.41, 5.74) is 0. The Balaban J connectivity index is 0.00000225. The summed E-state index contributed by atoms with van der Waals surface area (Å²) in [7, 11) is -2.37. The maximum atomic E-state index is 11.4. The first-order chi connectivity index (χ1) is 11.7. The second-order valence-corrected chi connectivity index (χ2v) is 9.94. The van der Waals surface area contributed by atoms with Gasteiger partial charge in [-0.3, -0.25) is 0 Å². The molecular weight excluding hydrogens is 351 g/mol. The number of aliphatic carboxylic acids is 1. The molecule has 2 nitrogen and oxygen atoms in total. The average molecular weight is 373 g/mol. The molecule has 0 heterocycles.